The van der Waals surface area contributed by atoms with Crippen LogP contribution in [0.4, 0.5) is 35.4 Å². The van der Waals surface area contributed by atoms with Crippen LogP contribution in [0, 0.1) is 0 Å². The number of halogens is 3. The van der Waals surface area contributed by atoms with E-state index in [9.17, 15) is 21.6 Å². The van der Waals surface area contributed by atoms with Crippen LogP contribution >= 0.6 is 11.3 Å². The smallest absolute Gasteiger partial charge is 0.368 e. The molecule has 1 aliphatic heterocycles. The van der Waals surface area contributed by atoms with Gasteiger partial charge < -0.3 is 4.90 Å². The van der Waals surface area contributed by atoms with E-state index in [1.54, 1.807) is 10.8 Å². The van der Waals surface area contributed by atoms with E-state index in [0.29, 0.717) is 18.4 Å². The van der Waals surface area contributed by atoms with Crippen LogP contribution in [0.5, 0.6) is 0 Å². The van der Waals surface area contributed by atoms with E-state index in [1.165, 1.54) is 11.6 Å². The predicted molar refractivity (Wildman–Crippen MR) is 114 cm³/mol. The Hall–Kier alpha value is -2.28. The number of alkyl halides is 3. The van der Waals surface area contributed by atoms with E-state index in [0.717, 1.165) is 42.8 Å². The highest BCUT2D eigenvalue weighted by atomic mass is 32.2. The fraction of sp³-hybridized carbons (Fsp3) is 0.556. The van der Waals surface area contributed by atoms with Gasteiger partial charge in [0, 0.05) is 23.8 Å². The zero-order chi connectivity index (χ0) is 22.6. The molecule has 1 atom stereocenters. The van der Waals surface area contributed by atoms with Gasteiger partial charge in [0.05, 0.1) is 5.69 Å². The second kappa shape index (κ2) is 9.47. The summed E-state index contributed by atoms with van der Waals surface area (Å²) in [6.45, 7) is 4.86. The molecule has 0 aliphatic carbocycles. The second-order valence-electron chi connectivity index (χ2n) is 7.08. The SMILES string of the molecule is CCCCN1c2ccc(N=Nc3nncs3)c(NS(=O)(=O)C(F)(F)F)c2CCC1CC. The Kier molecular flexibility index (Phi) is 7.14. The molecule has 1 aromatic heterocycles. The number of sulfonamides is 1. The highest BCUT2D eigenvalue weighted by Gasteiger charge is 2.47. The average molecular weight is 477 g/mol. The van der Waals surface area contributed by atoms with Crippen molar-refractivity contribution in [1.82, 2.24) is 10.2 Å². The molecular formula is C18H23F3N6O2S2. The molecule has 3 rings (SSSR count). The van der Waals surface area contributed by atoms with E-state index in [4.69, 9.17) is 0 Å². The van der Waals surface area contributed by atoms with Crippen molar-refractivity contribution in [3.63, 3.8) is 0 Å². The van der Waals surface area contributed by atoms with Gasteiger partial charge in [-0.3, -0.25) is 4.72 Å². The average Bonchev–Trinajstić information content (AvgIpc) is 3.23. The molecule has 0 amide bonds. The Bertz CT molecular complexity index is 1030. The molecule has 1 aromatic carbocycles. The normalized spacial score (nSPS) is 17.2. The zero-order valence-corrected chi connectivity index (χ0v) is 18.7. The van der Waals surface area contributed by atoms with Crippen molar-refractivity contribution < 1.29 is 21.6 Å². The second-order valence-corrected chi connectivity index (χ2v) is 9.56. The molecule has 2 heterocycles. The highest BCUT2D eigenvalue weighted by Crippen LogP contribution is 2.43. The summed E-state index contributed by atoms with van der Waals surface area (Å²) in [5.41, 5.74) is -3.01. The van der Waals surface area contributed by atoms with Crippen LogP contribution in [0.15, 0.2) is 27.9 Å². The third-order valence-corrected chi connectivity index (χ3v) is 6.76. The van der Waals surface area contributed by atoms with Crippen LogP contribution in [0.2, 0.25) is 0 Å². The van der Waals surface area contributed by atoms with Crippen LogP contribution < -0.4 is 9.62 Å². The molecule has 1 aliphatic rings. The van der Waals surface area contributed by atoms with Crippen molar-refractivity contribution in [2.75, 3.05) is 16.2 Å². The van der Waals surface area contributed by atoms with Crippen molar-refractivity contribution in [2.24, 2.45) is 10.2 Å². The van der Waals surface area contributed by atoms with Crippen LogP contribution in [-0.2, 0) is 16.4 Å². The number of rotatable bonds is 8. The molecule has 31 heavy (non-hydrogen) atoms. The first-order chi connectivity index (χ1) is 14.7. The maximum absolute atomic E-state index is 13.1. The molecule has 0 saturated carbocycles. The minimum Gasteiger partial charge on any atom is -0.368 e. The molecule has 170 valence electrons. The maximum Gasteiger partial charge on any atom is 0.516 e. The molecule has 1 N–H and O–H groups in total. The standard InChI is InChI=1S/C18H23F3N6O2S2/c1-3-5-10-27-12(4-2)6-7-13-15(27)9-8-14(23-25-17-24-22-11-30-17)16(13)26-31(28,29)18(19,20)21/h8-9,11-12,26H,3-7,10H2,1-2H3. The lowest BCUT2D eigenvalue weighted by molar-refractivity contribution is -0.0429. The number of nitrogens with zero attached hydrogens (tertiary/aromatic N) is 5. The molecule has 13 heteroatoms. The van der Waals surface area contributed by atoms with Gasteiger partial charge in [0.25, 0.3) is 5.13 Å². The Balaban J connectivity index is 2.11. The molecule has 8 nitrogen and oxygen atoms in total. The lowest BCUT2D eigenvalue weighted by Gasteiger charge is -2.39. The predicted octanol–water partition coefficient (Wildman–Crippen LogP) is 5.55. The number of anilines is 2. The van der Waals surface area contributed by atoms with Crippen molar-refractivity contribution in [2.45, 2.75) is 57.5 Å². The molecule has 0 radical (unpaired) electrons. The van der Waals surface area contributed by atoms with E-state index in [1.807, 2.05) is 0 Å². The lowest BCUT2D eigenvalue weighted by atomic mass is 9.92. The number of nitrogens with one attached hydrogen (secondary N) is 1. The van der Waals surface area contributed by atoms with Crippen LogP contribution in [0.25, 0.3) is 0 Å². The topological polar surface area (TPSA) is 99.9 Å². The minimum atomic E-state index is -5.63. The molecule has 0 bridgehead atoms. The Morgan fingerprint density at radius 3 is 2.68 bits per heavy atom. The van der Waals surface area contributed by atoms with E-state index in [-0.39, 0.29) is 22.5 Å². The number of hydrogen-bond acceptors (Lipinski definition) is 8. The van der Waals surface area contributed by atoms with E-state index < -0.39 is 15.5 Å². The number of fused-ring (bicyclic) bond motifs is 1. The van der Waals surface area contributed by atoms with E-state index >= 15 is 0 Å². The van der Waals surface area contributed by atoms with Gasteiger partial charge in [-0.25, -0.2) is 0 Å². The summed E-state index contributed by atoms with van der Waals surface area (Å²) in [5, 5.41) is 15.4. The van der Waals surface area contributed by atoms with Crippen molar-refractivity contribution in [1.29, 1.82) is 0 Å². The van der Waals surface area contributed by atoms with Gasteiger partial charge in [-0.15, -0.1) is 20.4 Å². The molecular weight excluding hydrogens is 453 g/mol. The fourth-order valence-corrected chi connectivity index (χ4v) is 4.55. The Morgan fingerprint density at radius 1 is 1.29 bits per heavy atom. The summed E-state index contributed by atoms with van der Waals surface area (Å²) in [5.74, 6) is 0. The monoisotopic (exact) mass is 476 g/mol. The van der Waals surface area contributed by atoms with Crippen LogP contribution in [0.3, 0.4) is 0 Å². The summed E-state index contributed by atoms with van der Waals surface area (Å²) in [6.07, 6.45) is 3.88. The highest BCUT2D eigenvalue weighted by molar-refractivity contribution is 7.93. The van der Waals surface area contributed by atoms with Crippen molar-refractivity contribution in [3.8, 4) is 0 Å². The molecule has 0 spiro atoms. The molecule has 0 fully saturated rings. The van der Waals surface area contributed by atoms with E-state index in [2.05, 4.69) is 39.2 Å². The number of benzene rings is 1. The molecule has 2 aromatic rings. The summed E-state index contributed by atoms with van der Waals surface area (Å²) in [7, 11) is -5.63. The third-order valence-electron chi connectivity index (χ3n) is 5.10. The van der Waals surface area contributed by atoms with Gasteiger partial charge >= 0.3 is 15.5 Å². The number of azo groups is 1. The fourth-order valence-electron chi connectivity index (χ4n) is 3.56. The number of hydrogen-bond donors (Lipinski definition) is 1. The summed E-state index contributed by atoms with van der Waals surface area (Å²) in [4.78, 5) is 2.15. The summed E-state index contributed by atoms with van der Waals surface area (Å²) >= 11 is 1.10. The summed E-state index contributed by atoms with van der Waals surface area (Å²) < 4.78 is 64.9. The van der Waals surface area contributed by atoms with Gasteiger partial charge in [0.15, 0.2) is 0 Å². The molecule has 1 unspecified atom stereocenters. The maximum atomic E-state index is 13.1. The van der Waals surface area contributed by atoms with Gasteiger partial charge in [-0.1, -0.05) is 31.6 Å². The van der Waals surface area contributed by atoms with Crippen LogP contribution in [-0.4, -0.2) is 36.7 Å². The first-order valence-corrected chi connectivity index (χ1v) is 12.2. The summed E-state index contributed by atoms with van der Waals surface area (Å²) in [6, 6.07) is 3.49. The first-order valence-electron chi connectivity index (χ1n) is 9.87. The Labute approximate surface area is 182 Å². The third kappa shape index (κ3) is 5.14. The molecule has 0 saturated heterocycles. The zero-order valence-electron chi connectivity index (χ0n) is 17.1. The lowest BCUT2D eigenvalue weighted by Crippen LogP contribution is -2.40. The quantitative estimate of drug-likeness (QED) is 0.504. The number of aromatic nitrogens is 2. The van der Waals surface area contributed by atoms with Gasteiger partial charge in [0.1, 0.15) is 11.2 Å². The Morgan fingerprint density at radius 2 is 2.06 bits per heavy atom. The largest absolute Gasteiger partial charge is 0.516 e. The first kappa shape index (κ1) is 23.4. The van der Waals surface area contributed by atoms with Crippen molar-refractivity contribution in [3.05, 3.63) is 23.2 Å². The van der Waals surface area contributed by atoms with Gasteiger partial charge in [0.2, 0.25) is 0 Å². The van der Waals surface area contributed by atoms with Gasteiger partial charge in [-0.05, 0) is 37.8 Å². The minimum absolute atomic E-state index is 0.00725. The van der Waals surface area contributed by atoms with Gasteiger partial charge in [-0.2, -0.15) is 21.6 Å². The van der Waals surface area contributed by atoms with Crippen molar-refractivity contribution >= 4 is 43.6 Å². The number of unbranched alkanes of at least 4 members (excludes halogenated alkanes) is 1. The van der Waals surface area contributed by atoms with Crippen LogP contribution in [0.1, 0.15) is 45.1 Å².